The Kier molecular flexibility index (Phi) is 5.64. The normalized spacial score (nSPS) is 12.4. The maximum absolute atomic E-state index is 13.3. The number of rotatable bonds is 7. The van der Waals surface area contributed by atoms with E-state index in [0.29, 0.717) is 17.7 Å². The van der Waals surface area contributed by atoms with Gasteiger partial charge in [-0.15, -0.1) is 0 Å². The van der Waals surface area contributed by atoms with E-state index in [1.54, 1.807) is 18.7 Å². The van der Waals surface area contributed by atoms with E-state index in [0.717, 1.165) is 0 Å². The molecule has 0 aliphatic heterocycles. The van der Waals surface area contributed by atoms with Gasteiger partial charge in [0.25, 0.3) is 0 Å². The van der Waals surface area contributed by atoms with Crippen molar-refractivity contribution < 1.29 is 24.2 Å². The number of carboxylic acid groups (broad SMARTS) is 2. The summed E-state index contributed by atoms with van der Waals surface area (Å²) in [7, 11) is 0. The van der Waals surface area contributed by atoms with Gasteiger partial charge in [0.15, 0.2) is 0 Å². The number of hydrogen-bond donors (Lipinski definition) is 2. The van der Waals surface area contributed by atoms with E-state index in [4.69, 9.17) is 5.11 Å². The lowest BCUT2D eigenvalue weighted by molar-refractivity contribution is -0.145. The van der Waals surface area contributed by atoms with Crippen LogP contribution in [0.2, 0.25) is 0 Å². The van der Waals surface area contributed by atoms with Gasteiger partial charge < -0.3 is 10.2 Å². The third-order valence-corrected chi connectivity index (χ3v) is 3.12. The molecular weight excluding hydrogens is 265 g/mol. The smallest absolute Gasteiger partial charge is 0.325 e. The van der Waals surface area contributed by atoms with E-state index in [-0.39, 0.29) is 13.0 Å². The second kappa shape index (κ2) is 7.00. The Labute approximate surface area is 116 Å². The van der Waals surface area contributed by atoms with Crippen LogP contribution in [0.5, 0.6) is 0 Å². The third-order valence-electron chi connectivity index (χ3n) is 3.12. The van der Waals surface area contributed by atoms with E-state index in [9.17, 15) is 19.1 Å². The molecule has 0 bridgehead atoms. The highest BCUT2D eigenvalue weighted by atomic mass is 19.1. The summed E-state index contributed by atoms with van der Waals surface area (Å²) in [4.78, 5) is 23.6. The summed E-state index contributed by atoms with van der Waals surface area (Å²) in [6, 6.07) is 3.16. The van der Waals surface area contributed by atoms with Gasteiger partial charge in [0, 0.05) is 6.54 Å². The Morgan fingerprint density at radius 2 is 2.00 bits per heavy atom. The summed E-state index contributed by atoms with van der Waals surface area (Å²) in [5.74, 6) is -2.46. The standard InChI is InChI=1S/C14H18FNO4/c1-3-16(7-6-12(17)18)13(14(19)20)10-4-5-11(15)9(2)8-10/h4-5,8,13H,3,6-7H2,1-2H3,(H,17,18)(H,19,20). The van der Waals surface area contributed by atoms with Crippen molar-refractivity contribution in [3.8, 4) is 0 Å². The van der Waals surface area contributed by atoms with E-state index >= 15 is 0 Å². The molecule has 0 spiro atoms. The van der Waals surface area contributed by atoms with Crippen molar-refractivity contribution in [2.24, 2.45) is 0 Å². The van der Waals surface area contributed by atoms with E-state index in [1.807, 2.05) is 0 Å². The van der Waals surface area contributed by atoms with Crippen LogP contribution in [0, 0.1) is 12.7 Å². The molecule has 1 rings (SSSR count). The van der Waals surface area contributed by atoms with Crippen molar-refractivity contribution in [3.63, 3.8) is 0 Å². The minimum atomic E-state index is -1.08. The number of aryl methyl sites for hydroxylation is 1. The average molecular weight is 283 g/mol. The summed E-state index contributed by atoms with van der Waals surface area (Å²) >= 11 is 0. The van der Waals surface area contributed by atoms with Gasteiger partial charge in [0.2, 0.25) is 0 Å². The van der Waals surface area contributed by atoms with Crippen molar-refractivity contribution in [2.45, 2.75) is 26.3 Å². The number of aliphatic carboxylic acids is 2. The van der Waals surface area contributed by atoms with Gasteiger partial charge in [0.1, 0.15) is 11.9 Å². The molecule has 1 unspecified atom stereocenters. The molecule has 0 saturated carbocycles. The van der Waals surface area contributed by atoms with Crippen molar-refractivity contribution >= 4 is 11.9 Å². The lowest BCUT2D eigenvalue weighted by Crippen LogP contribution is -2.35. The fourth-order valence-electron chi connectivity index (χ4n) is 2.06. The quantitative estimate of drug-likeness (QED) is 0.801. The summed E-state index contributed by atoms with van der Waals surface area (Å²) in [6.45, 7) is 3.83. The first-order valence-electron chi connectivity index (χ1n) is 6.31. The molecule has 0 fully saturated rings. The van der Waals surface area contributed by atoms with Gasteiger partial charge in [0.05, 0.1) is 6.42 Å². The first-order valence-corrected chi connectivity index (χ1v) is 6.31. The lowest BCUT2D eigenvalue weighted by Gasteiger charge is -2.27. The Balaban J connectivity index is 3.04. The van der Waals surface area contributed by atoms with E-state index in [2.05, 4.69) is 0 Å². The minimum absolute atomic E-state index is 0.124. The third kappa shape index (κ3) is 4.03. The molecule has 0 heterocycles. The van der Waals surface area contributed by atoms with Crippen molar-refractivity contribution in [3.05, 3.63) is 35.1 Å². The van der Waals surface area contributed by atoms with Crippen LogP contribution in [0.15, 0.2) is 18.2 Å². The van der Waals surface area contributed by atoms with Crippen molar-refractivity contribution in [2.75, 3.05) is 13.1 Å². The SMILES string of the molecule is CCN(CCC(=O)O)C(C(=O)O)c1ccc(F)c(C)c1. The van der Waals surface area contributed by atoms with Crippen LogP contribution in [0.3, 0.4) is 0 Å². The largest absolute Gasteiger partial charge is 0.481 e. The number of hydrogen-bond acceptors (Lipinski definition) is 3. The number of carboxylic acids is 2. The molecular formula is C14H18FNO4. The Hall–Kier alpha value is -1.95. The number of carbonyl (C=O) groups is 2. The van der Waals surface area contributed by atoms with Crippen LogP contribution in [0.1, 0.15) is 30.5 Å². The zero-order chi connectivity index (χ0) is 15.3. The van der Waals surface area contributed by atoms with Crippen LogP contribution in [0.4, 0.5) is 4.39 Å². The molecule has 2 N–H and O–H groups in total. The monoisotopic (exact) mass is 283 g/mol. The predicted octanol–water partition coefficient (Wildman–Crippen LogP) is 2.06. The minimum Gasteiger partial charge on any atom is -0.481 e. The fraction of sp³-hybridized carbons (Fsp3) is 0.429. The number of benzene rings is 1. The summed E-state index contributed by atoms with van der Waals surface area (Å²) < 4.78 is 13.3. The first-order chi connectivity index (χ1) is 9.36. The molecule has 0 amide bonds. The molecule has 110 valence electrons. The van der Waals surface area contributed by atoms with Crippen molar-refractivity contribution in [1.29, 1.82) is 0 Å². The van der Waals surface area contributed by atoms with Gasteiger partial charge in [-0.2, -0.15) is 0 Å². The molecule has 6 heteroatoms. The molecule has 1 aromatic carbocycles. The van der Waals surface area contributed by atoms with Crippen molar-refractivity contribution in [1.82, 2.24) is 4.90 Å². The number of halogens is 1. The Bertz CT molecular complexity index is 504. The van der Waals surface area contributed by atoms with Crippen LogP contribution >= 0.6 is 0 Å². The Morgan fingerprint density at radius 3 is 2.45 bits per heavy atom. The van der Waals surface area contributed by atoms with Gasteiger partial charge in [-0.3, -0.25) is 14.5 Å². The van der Waals surface area contributed by atoms with Crippen LogP contribution < -0.4 is 0 Å². The fourth-order valence-corrected chi connectivity index (χ4v) is 2.06. The second-order valence-corrected chi connectivity index (χ2v) is 4.52. The highest BCUT2D eigenvalue weighted by Gasteiger charge is 2.27. The highest BCUT2D eigenvalue weighted by Crippen LogP contribution is 2.23. The first kappa shape index (κ1) is 16.1. The molecule has 0 aliphatic rings. The van der Waals surface area contributed by atoms with E-state index < -0.39 is 23.8 Å². The van der Waals surface area contributed by atoms with Gasteiger partial charge >= 0.3 is 11.9 Å². The van der Waals surface area contributed by atoms with Gasteiger partial charge in [-0.25, -0.2) is 4.39 Å². The summed E-state index contributed by atoms with van der Waals surface area (Å²) in [6.07, 6.45) is -0.141. The van der Waals surface area contributed by atoms with E-state index in [1.165, 1.54) is 18.2 Å². The maximum atomic E-state index is 13.3. The second-order valence-electron chi connectivity index (χ2n) is 4.52. The summed E-state index contributed by atoms with van der Waals surface area (Å²) in [5, 5.41) is 18.1. The number of likely N-dealkylation sites (N-methyl/N-ethyl adjacent to an activating group) is 1. The topological polar surface area (TPSA) is 77.8 Å². The highest BCUT2D eigenvalue weighted by molar-refractivity contribution is 5.76. The maximum Gasteiger partial charge on any atom is 0.325 e. The molecule has 0 aromatic heterocycles. The van der Waals surface area contributed by atoms with Gasteiger partial charge in [-0.05, 0) is 30.7 Å². The zero-order valence-electron chi connectivity index (χ0n) is 11.5. The summed E-state index contributed by atoms with van der Waals surface area (Å²) in [5.41, 5.74) is 0.812. The molecule has 0 radical (unpaired) electrons. The molecule has 1 atom stereocenters. The predicted molar refractivity (Wildman–Crippen MR) is 71.0 cm³/mol. The molecule has 20 heavy (non-hydrogen) atoms. The Morgan fingerprint density at radius 1 is 1.35 bits per heavy atom. The molecule has 5 nitrogen and oxygen atoms in total. The average Bonchev–Trinajstić information content (AvgIpc) is 2.37. The molecule has 0 aliphatic carbocycles. The van der Waals surface area contributed by atoms with Crippen LogP contribution in [-0.4, -0.2) is 40.1 Å². The van der Waals surface area contributed by atoms with Crippen LogP contribution in [-0.2, 0) is 9.59 Å². The molecule has 0 saturated heterocycles. The number of nitrogens with zero attached hydrogens (tertiary/aromatic N) is 1. The lowest BCUT2D eigenvalue weighted by atomic mass is 10.0. The van der Waals surface area contributed by atoms with Crippen LogP contribution in [0.25, 0.3) is 0 Å². The van der Waals surface area contributed by atoms with Gasteiger partial charge in [-0.1, -0.05) is 19.1 Å². The molecule has 1 aromatic rings. The zero-order valence-corrected chi connectivity index (χ0v) is 11.5.